The Morgan fingerprint density at radius 2 is 1.86 bits per heavy atom. The number of anilines is 1. The van der Waals surface area contributed by atoms with E-state index in [1.807, 2.05) is 23.3 Å². The molecule has 1 N–H and O–H groups in total. The molecule has 2 atom stereocenters. The van der Waals surface area contributed by atoms with Gasteiger partial charge in [0.25, 0.3) is 0 Å². The van der Waals surface area contributed by atoms with E-state index in [-0.39, 0.29) is 52.0 Å². The fourth-order valence-corrected chi connectivity index (χ4v) is 7.72. The van der Waals surface area contributed by atoms with Crippen LogP contribution >= 0.6 is 11.6 Å². The number of hydrogen-bond donors (Lipinski definition) is 1. The minimum absolute atomic E-state index is 0.0308. The summed E-state index contributed by atoms with van der Waals surface area (Å²) in [6, 6.07) is 21.1. The van der Waals surface area contributed by atoms with Gasteiger partial charge in [0.2, 0.25) is 10.0 Å². The molecule has 0 fully saturated rings. The maximum Gasteiger partial charge on any atom is 0.244 e. The highest BCUT2D eigenvalue weighted by Gasteiger charge is 2.40. The maximum absolute atomic E-state index is 13.8. The van der Waals surface area contributed by atoms with Crippen molar-refractivity contribution in [3.8, 4) is 23.6 Å². The molecule has 1 aliphatic heterocycles. The Morgan fingerprint density at radius 3 is 2.57 bits per heavy atom. The number of hydrogen-bond acceptors (Lipinski definition) is 7. The van der Waals surface area contributed by atoms with Crippen molar-refractivity contribution in [2.75, 3.05) is 18.1 Å². The molecule has 8 nitrogen and oxygen atoms in total. The molecule has 0 saturated heterocycles. The SMILES string of the molecule is C[C@H]1C2=CNN(c3ccc(F)cc3)C2=CC2=C1[C@@H](CN(CC#N)S(=O)(=O)c1ccc(Oc3cccc(Cl)c3C#N)cc1)CC2. The van der Waals surface area contributed by atoms with Gasteiger partial charge in [0.05, 0.1) is 27.4 Å². The summed E-state index contributed by atoms with van der Waals surface area (Å²) in [7, 11) is -4.00. The molecule has 3 aromatic carbocycles. The van der Waals surface area contributed by atoms with E-state index in [0.717, 1.165) is 29.8 Å². The van der Waals surface area contributed by atoms with Crippen molar-refractivity contribution in [3.05, 3.63) is 118 Å². The van der Waals surface area contributed by atoms with Gasteiger partial charge in [-0.3, -0.25) is 5.01 Å². The second-order valence-corrected chi connectivity index (χ2v) is 13.1. The molecule has 44 heavy (non-hydrogen) atoms. The Kier molecular flexibility index (Phi) is 7.91. The molecule has 1 heterocycles. The summed E-state index contributed by atoms with van der Waals surface area (Å²) in [5, 5.41) is 21.2. The van der Waals surface area contributed by atoms with Crippen molar-refractivity contribution in [2.45, 2.75) is 24.7 Å². The zero-order valence-corrected chi connectivity index (χ0v) is 25.2. The van der Waals surface area contributed by atoms with Crippen molar-refractivity contribution in [2.24, 2.45) is 11.8 Å². The van der Waals surface area contributed by atoms with E-state index in [2.05, 4.69) is 18.4 Å². The lowest BCUT2D eigenvalue weighted by atomic mass is 9.80. The van der Waals surface area contributed by atoms with Gasteiger partial charge in [0, 0.05) is 24.2 Å². The fraction of sp³-hybridized carbons (Fsp3) is 0.212. The molecular formula is C33H27ClFN5O3S. The lowest BCUT2D eigenvalue weighted by Gasteiger charge is -2.31. The maximum atomic E-state index is 13.8. The van der Waals surface area contributed by atoms with E-state index in [0.29, 0.717) is 5.75 Å². The third kappa shape index (κ3) is 5.33. The number of rotatable bonds is 8. The zero-order chi connectivity index (χ0) is 31.0. The molecule has 0 radical (unpaired) electrons. The van der Waals surface area contributed by atoms with E-state index in [4.69, 9.17) is 16.3 Å². The normalized spacial score (nSPS) is 19.0. The van der Waals surface area contributed by atoms with Gasteiger partial charge in [-0.2, -0.15) is 14.8 Å². The van der Waals surface area contributed by atoms with Crippen molar-refractivity contribution in [1.29, 1.82) is 10.5 Å². The van der Waals surface area contributed by atoms with Gasteiger partial charge in [-0.15, -0.1) is 0 Å². The number of nitrogens with one attached hydrogen (secondary N) is 1. The molecule has 11 heteroatoms. The number of nitrogens with zero attached hydrogens (tertiary/aromatic N) is 4. The van der Waals surface area contributed by atoms with Crippen LogP contribution in [-0.2, 0) is 10.0 Å². The van der Waals surface area contributed by atoms with Crippen LogP contribution in [0, 0.1) is 40.3 Å². The highest BCUT2D eigenvalue weighted by atomic mass is 35.5. The first-order valence-electron chi connectivity index (χ1n) is 14.0. The Balaban J connectivity index is 1.22. The molecule has 3 aromatic rings. The highest BCUT2D eigenvalue weighted by molar-refractivity contribution is 7.89. The molecule has 0 saturated carbocycles. The van der Waals surface area contributed by atoms with E-state index < -0.39 is 10.0 Å². The van der Waals surface area contributed by atoms with Crippen molar-refractivity contribution in [1.82, 2.24) is 9.73 Å². The summed E-state index contributed by atoms with van der Waals surface area (Å²) in [5.74, 6) is 0.273. The predicted molar refractivity (Wildman–Crippen MR) is 164 cm³/mol. The first kappa shape index (κ1) is 29.5. The molecule has 0 bridgehead atoms. The van der Waals surface area contributed by atoms with Gasteiger partial charge in [-0.05, 0) is 91.1 Å². The molecule has 3 aliphatic rings. The number of halogens is 2. The van der Waals surface area contributed by atoms with Gasteiger partial charge in [-0.25, -0.2) is 12.8 Å². The number of nitriles is 2. The van der Waals surface area contributed by atoms with Crippen LogP contribution in [0.25, 0.3) is 0 Å². The number of sulfonamides is 1. The van der Waals surface area contributed by atoms with Crippen LogP contribution in [-0.4, -0.2) is 25.8 Å². The Labute approximate surface area is 260 Å². The van der Waals surface area contributed by atoms with Crippen LogP contribution in [0.1, 0.15) is 25.3 Å². The molecule has 2 aliphatic carbocycles. The van der Waals surface area contributed by atoms with E-state index >= 15 is 0 Å². The molecular weight excluding hydrogens is 601 g/mol. The molecule has 0 aromatic heterocycles. The number of fused-ring (bicyclic) bond motifs is 1. The Morgan fingerprint density at radius 1 is 1.11 bits per heavy atom. The first-order valence-corrected chi connectivity index (χ1v) is 15.8. The molecule has 0 spiro atoms. The first-order chi connectivity index (χ1) is 21.2. The van der Waals surface area contributed by atoms with Gasteiger partial charge in [0.1, 0.15) is 35.5 Å². The van der Waals surface area contributed by atoms with Crippen LogP contribution in [0.4, 0.5) is 10.1 Å². The number of allylic oxidation sites excluding steroid dienone is 3. The van der Waals surface area contributed by atoms with E-state index in [1.165, 1.54) is 51.8 Å². The molecule has 6 rings (SSSR count). The number of benzene rings is 3. The summed E-state index contributed by atoms with van der Waals surface area (Å²) < 4.78 is 48.1. The topological polar surface area (TPSA) is 109 Å². The molecule has 0 amide bonds. The van der Waals surface area contributed by atoms with Crippen molar-refractivity contribution >= 4 is 27.3 Å². The second-order valence-electron chi connectivity index (χ2n) is 10.8. The third-order valence-electron chi connectivity index (χ3n) is 8.23. The predicted octanol–water partition coefficient (Wildman–Crippen LogP) is 6.81. The summed E-state index contributed by atoms with van der Waals surface area (Å²) in [6.45, 7) is 2.00. The van der Waals surface area contributed by atoms with Crippen LogP contribution in [0.3, 0.4) is 0 Å². The summed E-state index contributed by atoms with van der Waals surface area (Å²) in [5.41, 5.74) is 8.69. The van der Waals surface area contributed by atoms with Gasteiger partial charge < -0.3 is 10.2 Å². The number of ether oxygens (including phenoxy) is 1. The van der Waals surface area contributed by atoms with Gasteiger partial charge in [0.15, 0.2) is 0 Å². The molecule has 222 valence electrons. The monoisotopic (exact) mass is 627 g/mol. The lowest BCUT2D eigenvalue weighted by molar-refractivity contribution is 0.380. The molecule has 0 unspecified atom stereocenters. The smallest absolute Gasteiger partial charge is 0.244 e. The van der Waals surface area contributed by atoms with Crippen LogP contribution in [0.15, 0.2) is 106 Å². The lowest BCUT2D eigenvalue weighted by Crippen LogP contribution is -2.36. The highest BCUT2D eigenvalue weighted by Crippen LogP contribution is 2.48. The Hall–Kier alpha value is -4.61. The summed E-state index contributed by atoms with van der Waals surface area (Å²) in [4.78, 5) is 0.0374. The zero-order valence-electron chi connectivity index (χ0n) is 23.7. The minimum atomic E-state index is -4.00. The van der Waals surface area contributed by atoms with Gasteiger partial charge in [-0.1, -0.05) is 30.2 Å². The quantitative estimate of drug-likeness (QED) is 0.273. The summed E-state index contributed by atoms with van der Waals surface area (Å²) >= 11 is 6.09. The van der Waals surface area contributed by atoms with Crippen molar-refractivity contribution in [3.63, 3.8) is 0 Å². The standard InChI is InChI=1S/C33H27ClFN5O3S/c1-21-29-19-38-40(25-9-7-24(35)8-10-25)31(29)17-22-5-6-23(33(21)22)20-39(16-15-36)44(41,42)27-13-11-26(12-14-27)43-32-4-2-3-30(34)28(32)18-37/h2-4,7-14,17,19,21,23,38H,5-6,16,20H2,1H3/t21-,23+/m0/s1. The fourth-order valence-electron chi connectivity index (χ4n) is 6.13. The van der Waals surface area contributed by atoms with Gasteiger partial charge >= 0.3 is 0 Å². The van der Waals surface area contributed by atoms with E-state index in [9.17, 15) is 23.3 Å². The van der Waals surface area contributed by atoms with Crippen LogP contribution in [0.2, 0.25) is 5.02 Å². The van der Waals surface area contributed by atoms with Crippen molar-refractivity contribution < 1.29 is 17.5 Å². The number of hydrazine groups is 1. The Bertz CT molecular complexity index is 1910. The average Bonchev–Trinajstić information content (AvgIpc) is 3.63. The van der Waals surface area contributed by atoms with Crippen LogP contribution < -0.4 is 15.2 Å². The average molecular weight is 628 g/mol. The largest absolute Gasteiger partial charge is 0.456 e. The summed E-state index contributed by atoms with van der Waals surface area (Å²) in [6.07, 6.45) is 5.62. The van der Waals surface area contributed by atoms with Crippen LogP contribution in [0.5, 0.6) is 11.5 Å². The third-order valence-corrected chi connectivity index (χ3v) is 10.4. The van der Waals surface area contributed by atoms with E-state index in [1.54, 1.807) is 30.3 Å². The minimum Gasteiger partial charge on any atom is -0.456 e. The second kappa shape index (κ2) is 11.8.